The first kappa shape index (κ1) is 19.8. The first-order chi connectivity index (χ1) is 12.1. The molecule has 0 saturated carbocycles. The van der Waals surface area contributed by atoms with Crippen LogP contribution in [0.15, 0.2) is 47.6 Å². The summed E-state index contributed by atoms with van der Waals surface area (Å²) in [5.41, 5.74) is -0.527. The average Bonchev–Trinajstić information content (AvgIpc) is 2.59. The average molecular weight is 387 g/mol. The Hall–Kier alpha value is -2.51. The zero-order valence-electron chi connectivity index (χ0n) is 13.4. The van der Waals surface area contributed by atoms with Gasteiger partial charge >= 0.3 is 6.18 Å². The molecule has 0 radical (unpaired) electrons. The third-order valence-electron chi connectivity index (χ3n) is 3.54. The maximum absolute atomic E-state index is 13.7. The van der Waals surface area contributed by atoms with E-state index in [9.17, 15) is 26.0 Å². The lowest BCUT2D eigenvalue weighted by Crippen LogP contribution is -2.42. The molecule has 2 rings (SSSR count). The van der Waals surface area contributed by atoms with E-state index in [1.807, 2.05) is 0 Å². The summed E-state index contributed by atoms with van der Waals surface area (Å²) in [7, 11) is -4.62. The maximum Gasteiger partial charge on any atom is 0.409 e. The van der Waals surface area contributed by atoms with Gasteiger partial charge in [0, 0.05) is 18.9 Å². The largest absolute Gasteiger partial charge is 0.409 e. The van der Waals surface area contributed by atoms with Crippen molar-refractivity contribution in [3.8, 4) is 6.07 Å². The van der Waals surface area contributed by atoms with Crippen molar-refractivity contribution >= 4 is 10.0 Å². The van der Waals surface area contributed by atoms with E-state index in [1.54, 1.807) is 6.07 Å². The quantitative estimate of drug-likeness (QED) is 0.737. The highest BCUT2D eigenvalue weighted by atomic mass is 32.2. The molecule has 0 spiro atoms. The molecular formula is C16H13F4N3O2S. The molecule has 0 saturated heterocycles. The van der Waals surface area contributed by atoms with Gasteiger partial charge in [0.1, 0.15) is 22.8 Å². The Kier molecular flexibility index (Phi) is 5.63. The maximum atomic E-state index is 13.7. The Morgan fingerprint density at radius 2 is 1.85 bits per heavy atom. The van der Waals surface area contributed by atoms with E-state index in [0.717, 1.165) is 42.7 Å². The minimum atomic E-state index is -4.94. The molecule has 5 nitrogen and oxygen atoms in total. The van der Waals surface area contributed by atoms with Crippen LogP contribution < -0.4 is 0 Å². The second-order valence-corrected chi connectivity index (χ2v) is 7.12. The highest BCUT2D eigenvalue weighted by Gasteiger charge is 2.48. The molecule has 26 heavy (non-hydrogen) atoms. The topological polar surface area (TPSA) is 74.1 Å². The molecular weight excluding hydrogens is 374 g/mol. The monoisotopic (exact) mass is 387 g/mol. The Balaban J connectivity index is 2.60. The Labute approximate surface area is 147 Å². The molecule has 1 aromatic carbocycles. The van der Waals surface area contributed by atoms with Gasteiger partial charge in [-0.15, -0.1) is 0 Å². The third kappa shape index (κ3) is 4.00. The second kappa shape index (κ2) is 7.39. The predicted molar refractivity (Wildman–Crippen MR) is 83.7 cm³/mol. The van der Waals surface area contributed by atoms with E-state index in [-0.39, 0.29) is 9.87 Å². The molecule has 0 fully saturated rings. The molecule has 0 N–H and O–H groups in total. The van der Waals surface area contributed by atoms with Crippen LogP contribution in [0.3, 0.4) is 0 Å². The summed E-state index contributed by atoms with van der Waals surface area (Å²) in [4.78, 5) is 3.05. The van der Waals surface area contributed by atoms with Gasteiger partial charge in [-0.1, -0.05) is 19.1 Å². The number of hydrogen-bond donors (Lipinski definition) is 0. The van der Waals surface area contributed by atoms with Gasteiger partial charge in [0.25, 0.3) is 0 Å². The van der Waals surface area contributed by atoms with Crippen LogP contribution in [0.2, 0.25) is 0 Å². The van der Waals surface area contributed by atoms with Crippen molar-refractivity contribution < 1.29 is 26.0 Å². The van der Waals surface area contributed by atoms with Crippen molar-refractivity contribution in [3.63, 3.8) is 0 Å². The molecule has 1 aromatic heterocycles. The SMILES string of the molecule is CCN(C(c1ccc(F)cc1)C(F)(F)F)S(=O)(=O)c1cncc(C#N)c1. The molecule has 1 unspecified atom stereocenters. The van der Waals surface area contributed by atoms with E-state index in [0.29, 0.717) is 0 Å². The molecule has 0 aliphatic rings. The van der Waals surface area contributed by atoms with Crippen molar-refractivity contribution in [2.24, 2.45) is 0 Å². The van der Waals surface area contributed by atoms with Gasteiger partial charge in [0.2, 0.25) is 10.0 Å². The lowest BCUT2D eigenvalue weighted by Gasteiger charge is -2.31. The van der Waals surface area contributed by atoms with Crippen molar-refractivity contribution in [2.75, 3.05) is 6.54 Å². The minimum absolute atomic E-state index is 0.104. The fourth-order valence-corrected chi connectivity index (χ4v) is 4.01. The van der Waals surface area contributed by atoms with Gasteiger partial charge in [-0.25, -0.2) is 12.8 Å². The fraction of sp³-hybridized carbons (Fsp3) is 0.250. The first-order valence-electron chi connectivity index (χ1n) is 7.30. The number of alkyl halides is 3. The molecule has 1 atom stereocenters. The van der Waals surface area contributed by atoms with E-state index in [1.165, 1.54) is 6.92 Å². The van der Waals surface area contributed by atoms with Crippen LogP contribution in [-0.2, 0) is 10.0 Å². The predicted octanol–water partition coefficient (Wildman–Crippen LogP) is 3.41. The van der Waals surface area contributed by atoms with Crippen LogP contribution in [0.5, 0.6) is 0 Å². The molecule has 10 heteroatoms. The zero-order valence-corrected chi connectivity index (χ0v) is 14.2. The molecule has 0 bridgehead atoms. The number of benzene rings is 1. The van der Waals surface area contributed by atoms with Gasteiger partial charge in [0.15, 0.2) is 0 Å². The van der Waals surface area contributed by atoms with E-state index in [2.05, 4.69) is 4.98 Å². The number of aromatic nitrogens is 1. The highest BCUT2D eigenvalue weighted by molar-refractivity contribution is 7.89. The van der Waals surface area contributed by atoms with Crippen LogP contribution >= 0.6 is 0 Å². The number of hydrogen-bond acceptors (Lipinski definition) is 4. The smallest absolute Gasteiger partial charge is 0.262 e. The van der Waals surface area contributed by atoms with Crippen LogP contribution in [0.25, 0.3) is 0 Å². The third-order valence-corrected chi connectivity index (χ3v) is 5.45. The fourth-order valence-electron chi connectivity index (χ4n) is 2.41. The minimum Gasteiger partial charge on any atom is -0.262 e. The van der Waals surface area contributed by atoms with E-state index in [4.69, 9.17) is 5.26 Å². The molecule has 0 aliphatic carbocycles. The lowest BCUT2D eigenvalue weighted by molar-refractivity contribution is -0.173. The van der Waals surface area contributed by atoms with Crippen molar-refractivity contribution in [3.05, 3.63) is 59.7 Å². The lowest BCUT2D eigenvalue weighted by atomic mass is 10.1. The highest BCUT2D eigenvalue weighted by Crippen LogP contribution is 2.40. The molecule has 1 heterocycles. The molecule has 138 valence electrons. The summed E-state index contributed by atoms with van der Waals surface area (Å²) in [5.74, 6) is -0.744. The van der Waals surface area contributed by atoms with Gasteiger partial charge < -0.3 is 0 Å². The van der Waals surface area contributed by atoms with Crippen molar-refractivity contribution in [1.82, 2.24) is 9.29 Å². The molecule has 2 aromatic rings. The number of rotatable bonds is 5. The van der Waals surface area contributed by atoms with Crippen molar-refractivity contribution in [2.45, 2.75) is 24.0 Å². The number of sulfonamides is 1. The van der Waals surface area contributed by atoms with Crippen LogP contribution in [0.1, 0.15) is 24.1 Å². The summed E-state index contributed by atoms with van der Waals surface area (Å²) >= 11 is 0. The second-order valence-electron chi connectivity index (χ2n) is 5.23. The number of pyridine rings is 1. The summed E-state index contributed by atoms with van der Waals surface area (Å²) in [6.45, 7) is 0.752. The van der Waals surface area contributed by atoms with Crippen molar-refractivity contribution in [1.29, 1.82) is 5.26 Å². The molecule has 0 amide bonds. The van der Waals surface area contributed by atoms with Crippen LogP contribution in [-0.4, -0.2) is 30.4 Å². The Morgan fingerprint density at radius 3 is 2.35 bits per heavy atom. The summed E-state index contributed by atoms with van der Waals surface area (Å²) < 4.78 is 79.8. The number of halogens is 4. The molecule has 0 aliphatic heterocycles. The number of nitrogens with zero attached hydrogens (tertiary/aromatic N) is 3. The van der Waals surface area contributed by atoms with Crippen LogP contribution in [0.4, 0.5) is 17.6 Å². The standard InChI is InChI=1S/C16H13F4N3O2S/c1-2-23(26(24,25)14-7-11(8-21)9-22-10-14)15(16(18,19)20)12-3-5-13(17)6-4-12/h3-7,9-10,15H,2H2,1H3. The van der Waals surface area contributed by atoms with Gasteiger partial charge in [-0.05, 0) is 23.8 Å². The van der Waals surface area contributed by atoms with E-state index < -0.39 is 45.1 Å². The summed E-state index contributed by atoms with van der Waals surface area (Å²) in [6.07, 6.45) is -2.98. The Bertz CT molecular complexity index is 922. The van der Waals surface area contributed by atoms with Gasteiger partial charge in [-0.2, -0.15) is 22.7 Å². The summed E-state index contributed by atoms with van der Waals surface area (Å²) in [5, 5.41) is 8.85. The summed E-state index contributed by atoms with van der Waals surface area (Å²) in [6, 6.07) is 3.54. The zero-order chi connectivity index (χ0) is 19.5. The normalized spacial score (nSPS) is 13.4. The van der Waals surface area contributed by atoms with Crippen LogP contribution in [0, 0.1) is 17.1 Å². The van der Waals surface area contributed by atoms with Gasteiger partial charge in [-0.3, -0.25) is 4.98 Å². The van der Waals surface area contributed by atoms with E-state index >= 15 is 0 Å². The Morgan fingerprint density at radius 1 is 1.23 bits per heavy atom. The first-order valence-corrected chi connectivity index (χ1v) is 8.74. The van der Waals surface area contributed by atoms with Gasteiger partial charge in [0.05, 0.1) is 5.56 Å². The number of nitriles is 1.